The molecule has 0 bridgehead atoms. The fourth-order valence-corrected chi connectivity index (χ4v) is 2.79. The topological polar surface area (TPSA) is 89.4 Å². The van der Waals surface area contributed by atoms with Crippen LogP contribution in [-0.4, -0.2) is 33.0 Å². The van der Waals surface area contributed by atoms with E-state index in [1.165, 1.54) is 11.5 Å². The monoisotopic (exact) mass is 284 g/mol. The molecule has 1 N–H and O–H groups in total. The standard InChI is InChI=1S/C10H8N2O4S2/c1-2-16-10(15)8-12-6(9(13)14)7(18-8)5-3-11-17-4-5/h3-4H,2H2,1H3,(H,13,14). The molecule has 18 heavy (non-hydrogen) atoms. The van der Waals surface area contributed by atoms with Gasteiger partial charge in [0.15, 0.2) is 5.69 Å². The molecule has 2 heterocycles. The lowest BCUT2D eigenvalue weighted by atomic mass is 10.2. The molecule has 0 aliphatic carbocycles. The van der Waals surface area contributed by atoms with E-state index in [1.54, 1.807) is 18.5 Å². The van der Waals surface area contributed by atoms with Gasteiger partial charge in [0.25, 0.3) is 0 Å². The summed E-state index contributed by atoms with van der Waals surface area (Å²) in [7, 11) is 0. The van der Waals surface area contributed by atoms with Gasteiger partial charge in [0.05, 0.1) is 11.5 Å². The first-order valence-corrected chi connectivity index (χ1v) is 6.59. The third-order valence-electron chi connectivity index (χ3n) is 1.97. The van der Waals surface area contributed by atoms with Crippen molar-refractivity contribution in [1.29, 1.82) is 0 Å². The molecule has 0 saturated heterocycles. The van der Waals surface area contributed by atoms with Gasteiger partial charge in [-0.25, -0.2) is 18.9 Å². The van der Waals surface area contributed by atoms with Crippen molar-refractivity contribution in [2.24, 2.45) is 0 Å². The number of esters is 1. The fourth-order valence-electron chi connectivity index (χ4n) is 1.26. The van der Waals surface area contributed by atoms with Gasteiger partial charge in [0.1, 0.15) is 0 Å². The van der Waals surface area contributed by atoms with Crippen LogP contribution in [0.3, 0.4) is 0 Å². The van der Waals surface area contributed by atoms with E-state index in [0.717, 1.165) is 11.3 Å². The smallest absolute Gasteiger partial charge is 0.367 e. The van der Waals surface area contributed by atoms with Crippen molar-refractivity contribution in [3.63, 3.8) is 0 Å². The first-order chi connectivity index (χ1) is 8.63. The Morgan fingerprint density at radius 3 is 2.83 bits per heavy atom. The molecule has 0 unspecified atom stereocenters. The van der Waals surface area contributed by atoms with Crippen molar-refractivity contribution in [2.75, 3.05) is 6.61 Å². The summed E-state index contributed by atoms with van der Waals surface area (Å²) in [6.07, 6.45) is 1.54. The van der Waals surface area contributed by atoms with Crippen LogP contribution in [0.1, 0.15) is 27.2 Å². The lowest BCUT2D eigenvalue weighted by Gasteiger charge is -1.95. The van der Waals surface area contributed by atoms with E-state index in [9.17, 15) is 9.59 Å². The minimum absolute atomic E-state index is 0.0375. The van der Waals surface area contributed by atoms with E-state index in [0.29, 0.717) is 10.4 Å². The van der Waals surface area contributed by atoms with Crippen LogP contribution in [0, 0.1) is 0 Å². The SMILES string of the molecule is CCOC(=O)c1nc(C(=O)O)c(-c2cnsc2)s1. The van der Waals surface area contributed by atoms with E-state index < -0.39 is 11.9 Å². The molecule has 2 aromatic rings. The molecule has 94 valence electrons. The van der Waals surface area contributed by atoms with Gasteiger partial charge in [-0.3, -0.25) is 0 Å². The van der Waals surface area contributed by atoms with Gasteiger partial charge in [-0.15, -0.1) is 11.3 Å². The van der Waals surface area contributed by atoms with Crippen molar-refractivity contribution in [1.82, 2.24) is 9.36 Å². The van der Waals surface area contributed by atoms with Crippen LogP contribution >= 0.6 is 22.9 Å². The van der Waals surface area contributed by atoms with Gasteiger partial charge in [-0.1, -0.05) is 0 Å². The molecule has 0 aliphatic rings. The number of carboxylic acid groups (broad SMARTS) is 1. The van der Waals surface area contributed by atoms with Crippen molar-refractivity contribution in [3.8, 4) is 10.4 Å². The predicted molar refractivity (Wildman–Crippen MR) is 66.1 cm³/mol. The van der Waals surface area contributed by atoms with Crippen LogP contribution in [0.15, 0.2) is 11.6 Å². The average Bonchev–Trinajstić information content (AvgIpc) is 2.98. The summed E-state index contributed by atoms with van der Waals surface area (Å²) in [5.74, 6) is -1.79. The Morgan fingerprint density at radius 2 is 2.28 bits per heavy atom. The maximum absolute atomic E-state index is 11.5. The number of carbonyl (C=O) groups excluding carboxylic acids is 1. The summed E-state index contributed by atoms with van der Waals surface area (Å²) in [6, 6.07) is 0. The van der Waals surface area contributed by atoms with E-state index in [4.69, 9.17) is 9.84 Å². The molecule has 0 saturated carbocycles. The molecule has 8 heteroatoms. The molecule has 2 aromatic heterocycles. The fraction of sp³-hybridized carbons (Fsp3) is 0.200. The number of carboxylic acids is 1. The first kappa shape index (κ1) is 12.7. The molecule has 6 nitrogen and oxygen atoms in total. The van der Waals surface area contributed by atoms with Crippen LogP contribution in [0.25, 0.3) is 10.4 Å². The summed E-state index contributed by atoms with van der Waals surface area (Å²) in [4.78, 5) is 26.8. The molecular formula is C10H8N2O4S2. The Morgan fingerprint density at radius 1 is 1.50 bits per heavy atom. The summed E-state index contributed by atoms with van der Waals surface area (Å²) < 4.78 is 8.70. The number of carbonyl (C=O) groups is 2. The third-order valence-corrected chi connectivity index (χ3v) is 3.65. The second-order valence-electron chi connectivity index (χ2n) is 3.14. The summed E-state index contributed by atoms with van der Waals surface area (Å²) in [5, 5.41) is 10.8. The average molecular weight is 284 g/mol. The molecule has 0 aromatic carbocycles. The molecule has 0 aliphatic heterocycles. The van der Waals surface area contributed by atoms with E-state index >= 15 is 0 Å². The largest absolute Gasteiger partial charge is 0.476 e. The zero-order valence-electron chi connectivity index (χ0n) is 9.24. The number of aromatic carboxylic acids is 1. The zero-order valence-corrected chi connectivity index (χ0v) is 10.9. The second kappa shape index (κ2) is 5.23. The molecule has 2 rings (SSSR count). The molecule has 0 atom stereocenters. The van der Waals surface area contributed by atoms with Crippen LogP contribution in [0.4, 0.5) is 0 Å². The highest BCUT2D eigenvalue weighted by atomic mass is 32.1. The van der Waals surface area contributed by atoms with E-state index in [1.807, 2.05) is 0 Å². The van der Waals surface area contributed by atoms with Crippen LogP contribution < -0.4 is 0 Å². The molecule has 0 radical (unpaired) electrons. The summed E-state index contributed by atoms with van der Waals surface area (Å²) in [5.41, 5.74) is 0.494. The van der Waals surface area contributed by atoms with Gasteiger partial charge in [0, 0.05) is 17.1 Å². The quantitative estimate of drug-likeness (QED) is 0.865. The Bertz CT molecular complexity index is 577. The van der Waals surface area contributed by atoms with Crippen molar-refractivity contribution in [3.05, 3.63) is 22.3 Å². The van der Waals surface area contributed by atoms with E-state index in [-0.39, 0.29) is 17.3 Å². The number of nitrogens with zero attached hydrogens (tertiary/aromatic N) is 2. The van der Waals surface area contributed by atoms with Crippen molar-refractivity contribution >= 4 is 34.8 Å². The van der Waals surface area contributed by atoms with Gasteiger partial charge < -0.3 is 9.84 Å². The number of aromatic nitrogens is 2. The maximum atomic E-state index is 11.5. The van der Waals surface area contributed by atoms with Crippen LogP contribution in [0.5, 0.6) is 0 Å². The zero-order chi connectivity index (χ0) is 13.1. The van der Waals surface area contributed by atoms with Crippen LogP contribution in [-0.2, 0) is 4.74 Å². The van der Waals surface area contributed by atoms with Crippen molar-refractivity contribution in [2.45, 2.75) is 6.92 Å². The highest BCUT2D eigenvalue weighted by Gasteiger charge is 2.23. The van der Waals surface area contributed by atoms with E-state index in [2.05, 4.69) is 9.36 Å². The second-order valence-corrected chi connectivity index (χ2v) is 4.79. The van der Waals surface area contributed by atoms with Gasteiger partial charge in [-0.2, -0.15) is 0 Å². The minimum atomic E-state index is -1.18. The first-order valence-electron chi connectivity index (χ1n) is 4.94. The predicted octanol–water partition coefficient (Wildman–Crippen LogP) is 2.14. The lowest BCUT2D eigenvalue weighted by Crippen LogP contribution is -2.05. The number of thiazole rings is 1. The number of ether oxygens (including phenoxy) is 1. The Balaban J connectivity index is 2.45. The number of hydrogen-bond donors (Lipinski definition) is 1. The molecular weight excluding hydrogens is 276 g/mol. The van der Waals surface area contributed by atoms with Gasteiger partial charge in [0.2, 0.25) is 5.01 Å². The highest BCUT2D eigenvalue weighted by molar-refractivity contribution is 7.17. The normalized spacial score (nSPS) is 10.3. The van der Waals surface area contributed by atoms with Gasteiger partial charge in [-0.05, 0) is 18.5 Å². The lowest BCUT2D eigenvalue weighted by molar-refractivity contribution is 0.0526. The Hall–Kier alpha value is -1.80. The summed E-state index contributed by atoms with van der Waals surface area (Å²) >= 11 is 2.20. The highest BCUT2D eigenvalue weighted by Crippen LogP contribution is 2.31. The minimum Gasteiger partial charge on any atom is -0.476 e. The third kappa shape index (κ3) is 2.39. The Kier molecular flexibility index (Phi) is 3.68. The molecule has 0 fully saturated rings. The Labute approximate surface area is 110 Å². The number of hydrogen-bond acceptors (Lipinski definition) is 7. The van der Waals surface area contributed by atoms with Gasteiger partial charge >= 0.3 is 11.9 Å². The maximum Gasteiger partial charge on any atom is 0.367 e. The van der Waals surface area contributed by atoms with Crippen LogP contribution in [0.2, 0.25) is 0 Å². The van der Waals surface area contributed by atoms with Crippen molar-refractivity contribution < 1.29 is 19.4 Å². The molecule has 0 spiro atoms. The summed E-state index contributed by atoms with van der Waals surface area (Å²) in [6.45, 7) is 1.89. The number of rotatable bonds is 4. The molecule has 0 amide bonds.